The van der Waals surface area contributed by atoms with Crippen LogP contribution in [0.25, 0.3) is 0 Å². The molecule has 1 N–H and O–H groups in total. The van der Waals surface area contributed by atoms with E-state index in [0.29, 0.717) is 11.5 Å². The third kappa shape index (κ3) is 3.55. The predicted molar refractivity (Wildman–Crippen MR) is 95.0 cm³/mol. The van der Waals surface area contributed by atoms with Crippen LogP contribution in [0.4, 0.5) is 5.82 Å². The Morgan fingerprint density at radius 1 is 1.21 bits per heavy atom. The van der Waals surface area contributed by atoms with Crippen LogP contribution in [0, 0.1) is 37.0 Å². The zero-order chi connectivity index (χ0) is 17.1. The van der Waals surface area contributed by atoms with Crippen LogP contribution in [-0.4, -0.2) is 54.3 Å². The summed E-state index contributed by atoms with van der Waals surface area (Å²) in [5.74, 6) is 1.50. The quantitative estimate of drug-likeness (QED) is 0.917. The maximum Gasteiger partial charge on any atom is 0.146 e. The van der Waals surface area contributed by atoms with Crippen LogP contribution in [0.2, 0.25) is 0 Å². The highest BCUT2D eigenvalue weighted by molar-refractivity contribution is 5.56. The van der Waals surface area contributed by atoms with E-state index >= 15 is 0 Å². The Morgan fingerprint density at radius 3 is 2.58 bits per heavy atom. The topological polar surface area (TPSA) is 63.4 Å². The van der Waals surface area contributed by atoms with Gasteiger partial charge in [0.05, 0.1) is 5.56 Å². The number of piperidine rings is 1. The standard InChI is InChI=1S/C19H28N4O/c1-14-8-16(9-20)19(21-15(14)2)23-11-17(18(12-23)13-24)10-22-6-4-3-5-7-22/h8,17-18,24H,3-7,10-13H2,1-2H3. The molecule has 0 spiro atoms. The van der Waals surface area contributed by atoms with Gasteiger partial charge in [0.15, 0.2) is 0 Å². The first-order valence-electron chi connectivity index (χ1n) is 9.09. The monoisotopic (exact) mass is 328 g/mol. The van der Waals surface area contributed by atoms with Crippen molar-refractivity contribution in [3.63, 3.8) is 0 Å². The second-order valence-corrected chi connectivity index (χ2v) is 7.34. The molecule has 2 atom stereocenters. The lowest BCUT2D eigenvalue weighted by atomic mass is 9.95. The summed E-state index contributed by atoms with van der Waals surface area (Å²) in [6, 6.07) is 4.23. The van der Waals surface area contributed by atoms with Crippen molar-refractivity contribution in [2.45, 2.75) is 33.1 Å². The van der Waals surface area contributed by atoms with Crippen molar-refractivity contribution in [1.82, 2.24) is 9.88 Å². The number of likely N-dealkylation sites (tertiary alicyclic amines) is 1. The summed E-state index contributed by atoms with van der Waals surface area (Å²) < 4.78 is 0. The summed E-state index contributed by atoms with van der Waals surface area (Å²) in [5, 5.41) is 19.3. The second kappa shape index (κ2) is 7.50. The molecule has 130 valence electrons. The average molecular weight is 328 g/mol. The Balaban J connectivity index is 1.76. The molecule has 0 saturated carbocycles. The molecule has 0 aliphatic carbocycles. The molecule has 3 rings (SSSR count). The van der Waals surface area contributed by atoms with Crippen molar-refractivity contribution in [3.05, 3.63) is 22.9 Å². The van der Waals surface area contributed by atoms with E-state index in [0.717, 1.165) is 36.7 Å². The number of aliphatic hydroxyl groups excluding tert-OH is 1. The summed E-state index contributed by atoms with van der Waals surface area (Å²) in [6.45, 7) is 9.28. The van der Waals surface area contributed by atoms with Crippen LogP contribution in [0.15, 0.2) is 6.07 Å². The van der Waals surface area contributed by atoms with E-state index in [-0.39, 0.29) is 12.5 Å². The summed E-state index contributed by atoms with van der Waals surface area (Å²) in [4.78, 5) is 9.43. The molecule has 2 fully saturated rings. The van der Waals surface area contributed by atoms with Crippen molar-refractivity contribution in [3.8, 4) is 6.07 Å². The van der Waals surface area contributed by atoms with Crippen LogP contribution in [0.1, 0.15) is 36.1 Å². The van der Waals surface area contributed by atoms with Gasteiger partial charge >= 0.3 is 0 Å². The molecule has 0 radical (unpaired) electrons. The number of aromatic nitrogens is 1. The predicted octanol–water partition coefficient (Wildman–Crippen LogP) is 2.10. The minimum atomic E-state index is 0.210. The van der Waals surface area contributed by atoms with E-state index in [4.69, 9.17) is 0 Å². The van der Waals surface area contributed by atoms with Crippen molar-refractivity contribution in [1.29, 1.82) is 5.26 Å². The average Bonchev–Trinajstić information content (AvgIpc) is 3.00. The third-order valence-electron chi connectivity index (χ3n) is 5.62. The Hall–Kier alpha value is -1.64. The zero-order valence-corrected chi connectivity index (χ0v) is 14.8. The van der Waals surface area contributed by atoms with Gasteiger partial charge in [-0.05, 0) is 57.3 Å². The van der Waals surface area contributed by atoms with Crippen molar-refractivity contribution in [2.24, 2.45) is 11.8 Å². The molecule has 3 heterocycles. The van der Waals surface area contributed by atoms with Crippen LogP contribution < -0.4 is 4.90 Å². The van der Waals surface area contributed by atoms with Gasteiger partial charge in [-0.25, -0.2) is 4.98 Å². The highest BCUT2D eigenvalue weighted by atomic mass is 16.3. The van der Waals surface area contributed by atoms with Crippen LogP contribution >= 0.6 is 0 Å². The van der Waals surface area contributed by atoms with Gasteiger partial charge in [-0.2, -0.15) is 5.26 Å². The molecule has 5 nitrogen and oxygen atoms in total. The van der Waals surface area contributed by atoms with Crippen molar-refractivity contribution in [2.75, 3.05) is 44.2 Å². The first-order valence-corrected chi connectivity index (χ1v) is 9.09. The number of hydrogen-bond acceptors (Lipinski definition) is 5. The highest BCUT2D eigenvalue weighted by Gasteiger charge is 2.35. The largest absolute Gasteiger partial charge is 0.396 e. The summed E-state index contributed by atoms with van der Waals surface area (Å²) in [6.07, 6.45) is 3.92. The minimum Gasteiger partial charge on any atom is -0.396 e. The molecule has 5 heteroatoms. The van der Waals surface area contributed by atoms with Gasteiger partial charge < -0.3 is 14.9 Å². The van der Waals surface area contributed by atoms with E-state index in [9.17, 15) is 10.4 Å². The summed E-state index contributed by atoms with van der Waals surface area (Å²) >= 11 is 0. The molecule has 1 aromatic rings. The summed E-state index contributed by atoms with van der Waals surface area (Å²) in [7, 11) is 0. The second-order valence-electron chi connectivity index (χ2n) is 7.34. The molecule has 2 aliphatic heterocycles. The van der Waals surface area contributed by atoms with E-state index in [1.807, 2.05) is 19.9 Å². The number of pyridine rings is 1. The fourth-order valence-corrected chi connectivity index (χ4v) is 4.02. The molecule has 2 aliphatic rings. The zero-order valence-electron chi connectivity index (χ0n) is 14.8. The molecule has 0 aromatic carbocycles. The fraction of sp³-hybridized carbons (Fsp3) is 0.684. The maximum atomic E-state index is 9.83. The van der Waals surface area contributed by atoms with Gasteiger partial charge in [-0.15, -0.1) is 0 Å². The van der Waals surface area contributed by atoms with Gasteiger partial charge in [-0.1, -0.05) is 6.42 Å². The molecule has 2 saturated heterocycles. The highest BCUT2D eigenvalue weighted by Crippen LogP contribution is 2.31. The van der Waals surface area contributed by atoms with Gasteiger partial charge in [-0.3, -0.25) is 0 Å². The van der Waals surface area contributed by atoms with Gasteiger partial charge in [0.25, 0.3) is 0 Å². The molecule has 0 amide bonds. The normalized spacial score (nSPS) is 25.0. The number of aliphatic hydroxyl groups is 1. The summed E-state index contributed by atoms with van der Waals surface area (Å²) in [5.41, 5.74) is 2.68. The molecule has 24 heavy (non-hydrogen) atoms. The Morgan fingerprint density at radius 2 is 1.92 bits per heavy atom. The number of anilines is 1. The number of aryl methyl sites for hydroxylation is 2. The molecule has 2 unspecified atom stereocenters. The smallest absolute Gasteiger partial charge is 0.146 e. The molecule has 1 aromatic heterocycles. The SMILES string of the molecule is Cc1cc(C#N)c(N2CC(CO)C(CN3CCCCC3)C2)nc1C. The van der Waals surface area contributed by atoms with Gasteiger partial charge in [0.2, 0.25) is 0 Å². The lowest BCUT2D eigenvalue weighted by Crippen LogP contribution is -2.37. The first-order chi connectivity index (χ1) is 11.6. The van der Waals surface area contributed by atoms with Crippen molar-refractivity contribution < 1.29 is 5.11 Å². The van der Waals surface area contributed by atoms with E-state index in [1.165, 1.54) is 32.4 Å². The number of rotatable bonds is 4. The lowest BCUT2D eigenvalue weighted by molar-refractivity contribution is 0.149. The van der Waals surface area contributed by atoms with Gasteiger partial charge in [0, 0.05) is 37.9 Å². The number of nitrogens with zero attached hydrogens (tertiary/aromatic N) is 4. The van der Waals surface area contributed by atoms with Crippen LogP contribution in [0.5, 0.6) is 0 Å². The third-order valence-corrected chi connectivity index (χ3v) is 5.62. The minimum absolute atomic E-state index is 0.210. The Bertz CT molecular complexity index is 619. The lowest BCUT2D eigenvalue weighted by Gasteiger charge is -2.30. The Kier molecular flexibility index (Phi) is 5.37. The van der Waals surface area contributed by atoms with Crippen LogP contribution in [0.3, 0.4) is 0 Å². The number of nitriles is 1. The van der Waals surface area contributed by atoms with E-state index in [2.05, 4.69) is 20.9 Å². The molecular formula is C19H28N4O. The molecule has 0 bridgehead atoms. The Labute approximate surface area is 144 Å². The first kappa shape index (κ1) is 17.2. The number of hydrogen-bond donors (Lipinski definition) is 1. The maximum absolute atomic E-state index is 9.83. The molecular weight excluding hydrogens is 300 g/mol. The van der Waals surface area contributed by atoms with Crippen LogP contribution in [-0.2, 0) is 0 Å². The van der Waals surface area contributed by atoms with Crippen molar-refractivity contribution >= 4 is 5.82 Å². The van der Waals surface area contributed by atoms with E-state index < -0.39 is 0 Å². The van der Waals surface area contributed by atoms with Gasteiger partial charge in [0.1, 0.15) is 11.9 Å². The fourth-order valence-electron chi connectivity index (χ4n) is 4.02. The van der Waals surface area contributed by atoms with E-state index in [1.54, 1.807) is 0 Å².